The van der Waals surface area contributed by atoms with Crippen molar-refractivity contribution >= 4 is 5.97 Å². The number of carboxylic acids is 1. The zero-order chi connectivity index (χ0) is 23.2. The highest BCUT2D eigenvalue weighted by molar-refractivity contribution is 5.89. The van der Waals surface area contributed by atoms with Crippen LogP contribution in [0.3, 0.4) is 0 Å². The number of carbonyl (C=O) groups is 1. The molecule has 3 aromatic carbocycles. The average molecular weight is 438 g/mol. The zero-order valence-corrected chi connectivity index (χ0v) is 19.3. The average Bonchev–Trinajstić information content (AvgIpc) is 2.83. The lowest BCUT2D eigenvalue weighted by Crippen LogP contribution is -2.22. The van der Waals surface area contributed by atoms with Gasteiger partial charge in [-0.25, -0.2) is 4.79 Å². The predicted octanol–water partition coefficient (Wildman–Crippen LogP) is 6.80. The van der Waals surface area contributed by atoms with Gasteiger partial charge in [0.05, 0.1) is 5.57 Å². The lowest BCUT2D eigenvalue weighted by molar-refractivity contribution is -0.133. The zero-order valence-electron chi connectivity index (χ0n) is 19.3. The maximum Gasteiger partial charge on any atom is 0.334 e. The molecular formula is C30H31NO2. The van der Waals surface area contributed by atoms with E-state index in [1.165, 1.54) is 22.3 Å². The molecule has 0 aromatic heterocycles. The molecular weight excluding hydrogens is 406 g/mol. The largest absolute Gasteiger partial charge is 0.478 e. The van der Waals surface area contributed by atoms with E-state index < -0.39 is 5.97 Å². The van der Waals surface area contributed by atoms with E-state index >= 15 is 0 Å². The molecule has 0 bridgehead atoms. The number of benzene rings is 3. The van der Waals surface area contributed by atoms with E-state index in [9.17, 15) is 9.90 Å². The van der Waals surface area contributed by atoms with Gasteiger partial charge in [-0.15, -0.1) is 0 Å². The minimum atomic E-state index is -0.865. The van der Waals surface area contributed by atoms with Crippen molar-refractivity contribution in [3.8, 4) is 0 Å². The Morgan fingerprint density at radius 1 is 0.879 bits per heavy atom. The summed E-state index contributed by atoms with van der Waals surface area (Å²) in [5.74, 6) is -0.760. The number of hydrogen-bond donors (Lipinski definition) is 1. The van der Waals surface area contributed by atoms with Gasteiger partial charge in [-0.1, -0.05) is 84.9 Å². The molecule has 3 heteroatoms. The van der Waals surface area contributed by atoms with Gasteiger partial charge in [0.15, 0.2) is 0 Å². The summed E-state index contributed by atoms with van der Waals surface area (Å²) in [6, 6.07) is 27.1. The molecule has 0 fully saturated rings. The first-order valence-corrected chi connectivity index (χ1v) is 11.6. The normalized spacial score (nSPS) is 15.5. The van der Waals surface area contributed by atoms with Crippen molar-refractivity contribution in [2.75, 3.05) is 6.54 Å². The first-order valence-electron chi connectivity index (χ1n) is 11.6. The number of aliphatic carboxylic acids is 1. The van der Waals surface area contributed by atoms with E-state index in [0.29, 0.717) is 11.5 Å². The second kappa shape index (κ2) is 10.4. The van der Waals surface area contributed by atoms with Crippen LogP contribution >= 0.6 is 0 Å². The van der Waals surface area contributed by atoms with Gasteiger partial charge >= 0.3 is 5.97 Å². The minimum Gasteiger partial charge on any atom is -0.478 e. The number of aryl methyl sites for hydroxylation is 2. The van der Waals surface area contributed by atoms with E-state index in [2.05, 4.69) is 62.4 Å². The summed E-state index contributed by atoms with van der Waals surface area (Å²) in [7, 11) is 0. The van der Waals surface area contributed by atoms with E-state index in [1.54, 1.807) is 6.20 Å². The van der Waals surface area contributed by atoms with Crippen LogP contribution in [-0.4, -0.2) is 22.5 Å². The summed E-state index contributed by atoms with van der Waals surface area (Å²) in [5.41, 5.74) is 6.77. The monoisotopic (exact) mass is 437 g/mol. The number of hydrogen-bond acceptors (Lipinski definition) is 2. The molecule has 0 saturated heterocycles. The Hall–Kier alpha value is -3.59. The molecule has 1 aliphatic rings. The van der Waals surface area contributed by atoms with Gasteiger partial charge in [-0.05, 0) is 54.5 Å². The minimum absolute atomic E-state index is 0.216. The molecule has 33 heavy (non-hydrogen) atoms. The Morgan fingerprint density at radius 2 is 1.45 bits per heavy atom. The van der Waals surface area contributed by atoms with Crippen molar-refractivity contribution in [1.82, 2.24) is 4.90 Å². The fourth-order valence-corrected chi connectivity index (χ4v) is 4.79. The second-order valence-electron chi connectivity index (χ2n) is 8.77. The SMILES string of the molecule is Cc1ccccc1C(CCCN1C=CC(c2ccccc2)C(C(=O)O)=C1)c1ccccc1C. The summed E-state index contributed by atoms with van der Waals surface area (Å²) in [6.07, 6.45) is 7.78. The molecule has 1 unspecified atom stereocenters. The van der Waals surface area contributed by atoms with Gasteiger partial charge in [0, 0.05) is 30.8 Å². The number of allylic oxidation sites excluding steroid dienone is 1. The Morgan fingerprint density at radius 3 is 2.03 bits per heavy atom. The molecule has 0 amide bonds. The first kappa shape index (κ1) is 22.6. The van der Waals surface area contributed by atoms with Crippen LogP contribution < -0.4 is 0 Å². The van der Waals surface area contributed by atoms with Crippen molar-refractivity contribution in [3.63, 3.8) is 0 Å². The topological polar surface area (TPSA) is 40.5 Å². The third kappa shape index (κ3) is 5.25. The van der Waals surface area contributed by atoms with Gasteiger partial charge < -0.3 is 10.0 Å². The first-order chi connectivity index (χ1) is 16.0. The Labute approximate surface area is 196 Å². The molecule has 0 aliphatic carbocycles. The molecule has 0 saturated carbocycles. The van der Waals surface area contributed by atoms with Crippen LogP contribution in [0.25, 0.3) is 0 Å². The fourth-order valence-electron chi connectivity index (χ4n) is 4.79. The van der Waals surface area contributed by atoms with Gasteiger partial charge in [0.2, 0.25) is 0 Å². The fraction of sp³-hybridized carbons (Fsp3) is 0.233. The summed E-state index contributed by atoms with van der Waals surface area (Å²) < 4.78 is 0. The predicted molar refractivity (Wildman–Crippen MR) is 134 cm³/mol. The Balaban J connectivity index is 1.50. The molecule has 4 rings (SSSR count). The maximum absolute atomic E-state index is 12.0. The summed E-state index contributed by atoms with van der Waals surface area (Å²) in [6.45, 7) is 5.14. The lowest BCUT2D eigenvalue weighted by Gasteiger charge is -2.27. The van der Waals surface area contributed by atoms with Crippen LogP contribution in [0, 0.1) is 13.8 Å². The maximum atomic E-state index is 12.0. The van der Waals surface area contributed by atoms with E-state index in [1.807, 2.05) is 47.5 Å². The van der Waals surface area contributed by atoms with Crippen LogP contribution in [-0.2, 0) is 4.79 Å². The molecule has 1 aliphatic heterocycles. The lowest BCUT2D eigenvalue weighted by atomic mass is 9.83. The van der Waals surface area contributed by atoms with Crippen molar-refractivity contribution in [2.24, 2.45) is 0 Å². The van der Waals surface area contributed by atoms with Crippen molar-refractivity contribution in [2.45, 2.75) is 38.5 Å². The highest BCUT2D eigenvalue weighted by Gasteiger charge is 2.24. The van der Waals surface area contributed by atoms with Gasteiger partial charge in [-0.3, -0.25) is 0 Å². The van der Waals surface area contributed by atoms with Crippen LogP contribution in [0.4, 0.5) is 0 Å². The summed E-state index contributed by atoms with van der Waals surface area (Å²) in [4.78, 5) is 14.0. The second-order valence-corrected chi connectivity index (χ2v) is 8.77. The van der Waals surface area contributed by atoms with Crippen LogP contribution in [0.5, 0.6) is 0 Å². The smallest absolute Gasteiger partial charge is 0.334 e. The number of rotatable bonds is 8. The molecule has 0 radical (unpaired) electrons. The highest BCUT2D eigenvalue weighted by atomic mass is 16.4. The quantitative estimate of drug-likeness (QED) is 0.421. The van der Waals surface area contributed by atoms with E-state index in [0.717, 1.165) is 24.9 Å². The molecule has 1 heterocycles. The van der Waals surface area contributed by atoms with Gasteiger partial charge in [0.25, 0.3) is 0 Å². The molecule has 1 N–H and O–H groups in total. The molecule has 3 aromatic rings. The number of nitrogens with zero attached hydrogens (tertiary/aromatic N) is 1. The summed E-state index contributed by atoms with van der Waals surface area (Å²) in [5, 5.41) is 9.83. The number of carboxylic acid groups (broad SMARTS) is 1. The molecule has 0 spiro atoms. The Bertz CT molecular complexity index is 1120. The van der Waals surface area contributed by atoms with E-state index in [-0.39, 0.29) is 5.92 Å². The van der Waals surface area contributed by atoms with Crippen LogP contribution in [0.2, 0.25) is 0 Å². The van der Waals surface area contributed by atoms with Gasteiger partial charge in [0.1, 0.15) is 0 Å². The van der Waals surface area contributed by atoms with Crippen LogP contribution in [0.15, 0.2) is 103 Å². The van der Waals surface area contributed by atoms with Crippen molar-refractivity contribution < 1.29 is 9.90 Å². The standard InChI is InChI=1S/C30H31NO2/c1-22-11-6-8-15-25(22)28(26-16-9-7-12-23(26)2)17-10-19-31-20-18-27(29(21-31)30(32)33)24-13-4-3-5-14-24/h3-9,11-16,18,20-21,27-28H,10,17,19H2,1-2H3,(H,32,33). The van der Waals surface area contributed by atoms with Crippen LogP contribution in [0.1, 0.15) is 52.5 Å². The third-order valence-corrected chi connectivity index (χ3v) is 6.55. The van der Waals surface area contributed by atoms with E-state index in [4.69, 9.17) is 0 Å². The molecule has 3 nitrogen and oxygen atoms in total. The summed E-state index contributed by atoms with van der Waals surface area (Å²) >= 11 is 0. The molecule has 1 atom stereocenters. The van der Waals surface area contributed by atoms with Crippen molar-refractivity contribution in [3.05, 3.63) is 131 Å². The third-order valence-electron chi connectivity index (χ3n) is 6.55. The Kier molecular flexibility index (Phi) is 7.09. The van der Waals surface area contributed by atoms with Gasteiger partial charge in [-0.2, -0.15) is 0 Å². The highest BCUT2D eigenvalue weighted by Crippen LogP contribution is 2.34. The van der Waals surface area contributed by atoms with Crippen molar-refractivity contribution in [1.29, 1.82) is 0 Å². The molecule has 168 valence electrons.